The van der Waals surface area contributed by atoms with Crippen LogP contribution >= 0.6 is 0 Å². The van der Waals surface area contributed by atoms with E-state index in [1.165, 1.54) is 0 Å². The van der Waals surface area contributed by atoms with Crippen LogP contribution < -0.4 is 20.3 Å². The van der Waals surface area contributed by atoms with Gasteiger partial charge in [-0.2, -0.15) is 10.2 Å². The van der Waals surface area contributed by atoms with Crippen LogP contribution in [0.15, 0.2) is 58.7 Å². The van der Waals surface area contributed by atoms with Crippen molar-refractivity contribution in [2.75, 3.05) is 13.2 Å². The molecule has 2 amide bonds. The van der Waals surface area contributed by atoms with Crippen molar-refractivity contribution in [3.8, 4) is 57.1 Å². The van der Waals surface area contributed by atoms with Crippen molar-refractivity contribution in [1.82, 2.24) is 10.9 Å². The Balaban J connectivity index is 1.46. The zero-order chi connectivity index (χ0) is 46.9. The number of hydrogen-bond acceptors (Lipinski definition) is 12. The van der Waals surface area contributed by atoms with Gasteiger partial charge in [0, 0.05) is 33.0 Å². The van der Waals surface area contributed by atoms with E-state index < -0.39 is 46.3 Å². The van der Waals surface area contributed by atoms with Crippen molar-refractivity contribution in [3.63, 3.8) is 0 Å². The van der Waals surface area contributed by atoms with E-state index in [0.29, 0.717) is 44.5 Å². The number of carbonyl (C=O) groups is 2. The molecule has 0 aromatic heterocycles. The van der Waals surface area contributed by atoms with Crippen molar-refractivity contribution in [2.45, 2.75) is 81.1 Å². The van der Waals surface area contributed by atoms with E-state index in [0.717, 1.165) is 34.7 Å². The molecular weight excluding hydrogens is 817 g/mol. The minimum Gasteiger partial charge on any atom is -0.507 e. The topological polar surface area (TPSA) is 223 Å². The van der Waals surface area contributed by atoms with Crippen LogP contribution in [0.2, 0.25) is 0 Å². The van der Waals surface area contributed by atoms with Gasteiger partial charge in [-0.3, -0.25) is 9.59 Å². The maximum absolute atomic E-state index is 12.8. The zero-order valence-corrected chi connectivity index (χ0v) is 37.6. The molecule has 0 aliphatic rings. The summed E-state index contributed by atoms with van der Waals surface area (Å²) in [4.78, 5) is 25.6. The van der Waals surface area contributed by atoms with Crippen LogP contribution in [-0.2, 0) is 9.59 Å². The summed E-state index contributed by atoms with van der Waals surface area (Å²) in [5, 5.41) is 79.3. The molecule has 0 saturated heterocycles. The van der Waals surface area contributed by atoms with Gasteiger partial charge in [-0.1, -0.05) is 52.0 Å². The number of rotatable bonds is 13. The van der Waals surface area contributed by atoms with Gasteiger partial charge in [0.05, 0.1) is 23.6 Å². The van der Waals surface area contributed by atoms with E-state index in [2.05, 4.69) is 21.1 Å². The molecule has 14 nitrogen and oxygen atoms in total. The van der Waals surface area contributed by atoms with E-state index >= 15 is 0 Å². The van der Waals surface area contributed by atoms with E-state index in [-0.39, 0.29) is 58.1 Å². The Hall–Kier alpha value is -7.48. The summed E-state index contributed by atoms with van der Waals surface area (Å²) >= 11 is 0. The predicted molar refractivity (Wildman–Crippen MR) is 249 cm³/mol. The second kappa shape index (κ2) is 18.5. The van der Waals surface area contributed by atoms with Crippen LogP contribution in [0.25, 0.3) is 32.7 Å². The second-order valence-corrected chi connectivity index (χ2v) is 16.8. The number of ether oxygens (including phenoxy) is 2. The number of phenolic OH excluding ortho intramolecular Hbond substituents is 6. The minimum absolute atomic E-state index is 0.0620. The first-order chi connectivity index (χ1) is 30.2. The first-order valence-corrected chi connectivity index (χ1v) is 20.7. The number of nitrogens with one attached hydrogen (secondary N) is 2. The fourth-order valence-corrected chi connectivity index (χ4v) is 8.36. The molecule has 14 heteroatoms. The third-order valence-corrected chi connectivity index (χ3v) is 10.9. The van der Waals surface area contributed by atoms with E-state index in [9.17, 15) is 40.2 Å². The van der Waals surface area contributed by atoms with Crippen LogP contribution in [0, 0.1) is 41.5 Å². The summed E-state index contributed by atoms with van der Waals surface area (Å²) in [7, 11) is 0. The fraction of sp³-hybridized carbons (Fsp3) is 0.280. The SMILES string of the molecule is Cc1cc(C)cc(OCC(=O)N/N=C\c2c(O)c(O)c(C(C)C)c3cc(C)c(-c4c(C)cc5c(C(C)C)c(O)c(O)c(/C=N\NC(=O)COc6cc(C)cc(C)c6)c5c4O)c(O)c23)c1. The number of benzene rings is 6. The fourth-order valence-electron chi connectivity index (χ4n) is 8.36. The average molecular weight is 871 g/mol. The highest BCUT2D eigenvalue weighted by atomic mass is 16.5. The van der Waals surface area contributed by atoms with Crippen LogP contribution in [0.5, 0.6) is 46.0 Å². The molecule has 6 aromatic rings. The van der Waals surface area contributed by atoms with Gasteiger partial charge < -0.3 is 40.1 Å². The number of aromatic hydroxyl groups is 6. The third-order valence-electron chi connectivity index (χ3n) is 10.9. The molecule has 0 atom stereocenters. The monoisotopic (exact) mass is 870 g/mol. The van der Waals surface area contributed by atoms with E-state index in [1.54, 1.807) is 50.2 Å². The van der Waals surface area contributed by atoms with E-state index in [4.69, 9.17) is 9.47 Å². The lowest BCUT2D eigenvalue weighted by molar-refractivity contribution is -0.123. The molecule has 64 heavy (non-hydrogen) atoms. The van der Waals surface area contributed by atoms with Gasteiger partial charge in [0.2, 0.25) is 0 Å². The Morgan fingerprint density at radius 2 is 0.844 bits per heavy atom. The van der Waals surface area contributed by atoms with E-state index in [1.807, 2.05) is 67.5 Å². The highest BCUT2D eigenvalue weighted by Gasteiger charge is 2.30. The van der Waals surface area contributed by atoms with Gasteiger partial charge in [0.25, 0.3) is 11.8 Å². The lowest BCUT2D eigenvalue weighted by atomic mass is 9.83. The second-order valence-electron chi connectivity index (χ2n) is 16.8. The molecule has 0 bridgehead atoms. The van der Waals surface area contributed by atoms with Gasteiger partial charge in [-0.25, -0.2) is 10.9 Å². The van der Waals surface area contributed by atoms with Gasteiger partial charge in [0.15, 0.2) is 36.2 Å². The number of carbonyl (C=O) groups excluding carboxylic acids is 2. The zero-order valence-electron chi connectivity index (χ0n) is 37.6. The standard InChI is InChI=1S/C50H54N4O10/c1-23(2)39-33-17-29(9)41(47(59)43(33)35(45(57)49(39)61)19-51-53-37(55)21-63-31-13-25(5)11-26(6)14-31)42-30(10)18-34-40(24(3)4)50(62)46(58)36(44(34)48(42)60)20-52-54-38(56)22-64-32-15-27(7)12-28(8)16-32/h11-20,23-24,57-62H,21-22H2,1-10H3,(H,53,55)(H,54,56)/b51-19-,52-20-. The molecule has 0 spiro atoms. The first-order valence-electron chi connectivity index (χ1n) is 20.7. The summed E-state index contributed by atoms with van der Waals surface area (Å²) in [5.74, 6) is -3.77. The molecule has 0 aliphatic heterocycles. The number of aryl methyl sites for hydroxylation is 6. The van der Waals surface area contributed by atoms with Crippen molar-refractivity contribution in [3.05, 3.63) is 104 Å². The highest BCUT2D eigenvalue weighted by molar-refractivity contribution is 6.15. The summed E-state index contributed by atoms with van der Waals surface area (Å²) in [6.45, 7) is 17.6. The molecule has 0 saturated carbocycles. The molecule has 0 fully saturated rings. The average Bonchev–Trinajstić information content (AvgIpc) is 3.19. The van der Waals surface area contributed by atoms with Gasteiger partial charge in [0.1, 0.15) is 23.0 Å². The Labute approximate surface area is 371 Å². The number of amides is 2. The van der Waals surface area contributed by atoms with Crippen molar-refractivity contribution in [1.29, 1.82) is 0 Å². The quantitative estimate of drug-likeness (QED) is 0.0312. The lowest BCUT2D eigenvalue weighted by Gasteiger charge is -2.23. The minimum atomic E-state index is -0.612. The molecule has 0 heterocycles. The molecule has 0 unspecified atom stereocenters. The Bertz CT molecular complexity index is 2680. The van der Waals surface area contributed by atoms with Crippen molar-refractivity contribution < 1.29 is 49.7 Å². The molecular formula is C50H54N4O10. The Kier molecular flexibility index (Phi) is 13.3. The summed E-state index contributed by atoms with van der Waals surface area (Å²) in [6.07, 6.45) is 2.21. The summed E-state index contributed by atoms with van der Waals surface area (Å²) in [5.41, 5.74) is 10.2. The molecule has 6 aromatic carbocycles. The van der Waals surface area contributed by atoms with Gasteiger partial charge in [-0.05, 0) is 122 Å². The third kappa shape index (κ3) is 9.17. The van der Waals surface area contributed by atoms with Crippen molar-refractivity contribution in [2.24, 2.45) is 10.2 Å². The molecule has 334 valence electrons. The Morgan fingerprint density at radius 3 is 1.16 bits per heavy atom. The molecule has 6 rings (SSSR count). The van der Waals surface area contributed by atoms with Gasteiger partial charge >= 0.3 is 0 Å². The number of fused-ring (bicyclic) bond motifs is 2. The summed E-state index contributed by atoms with van der Waals surface area (Å²) in [6, 6.07) is 14.5. The van der Waals surface area contributed by atoms with Crippen LogP contribution in [-0.4, -0.2) is 68.1 Å². The lowest BCUT2D eigenvalue weighted by Crippen LogP contribution is -2.24. The highest BCUT2D eigenvalue weighted by Crippen LogP contribution is 2.54. The van der Waals surface area contributed by atoms with Crippen LogP contribution in [0.1, 0.15) is 95.2 Å². The van der Waals surface area contributed by atoms with Crippen LogP contribution in [0.3, 0.4) is 0 Å². The first kappa shape index (κ1) is 46.0. The maximum Gasteiger partial charge on any atom is 0.277 e. The number of phenols is 6. The molecule has 0 radical (unpaired) electrons. The molecule has 0 aliphatic carbocycles. The van der Waals surface area contributed by atoms with Crippen LogP contribution in [0.4, 0.5) is 0 Å². The normalized spacial score (nSPS) is 11.8. The largest absolute Gasteiger partial charge is 0.507 e. The predicted octanol–water partition coefficient (Wildman–Crippen LogP) is 9.05. The number of hydrazone groups is 2. The molecule has 8 N–H and O–H groups in total. The number of hydrogen-bond donors (Lipinski definition) is 8. The number of nitrogens with zero attached hydrogens (tertiary/aromatic N) is 2. The van der Waals surface area contributed by atoms with Gasteiger partial charge in [-0.15, -0.1) is 0 Å². The summed E-state index contributed by atoms with van der Waals surface area (Å²) < 4.78 is 11.3. The maximum atomic E-state index is 12.8. The Morgan fingerprint density at radius 1 is 0.516 bits per heavy atom. The smallest absolute Gasteiger partial charge is 0.277 e. The van der Waals surface area contributed by atoms with Crippen molar-refractivity contribution >= 4 is 45.8 Å².